The Kier molecular flexibility index (Phi) is 5.24. The van der Waals surface area contributed by atoms with Crippen LogP contribution in [0.5, 0.6) is 0 Å². The van der Waals surface area contributed by atoms with Crippen LogP contribution < -0.4 is 5.32 Å². The van der Waals surface area contributed by atoms with Crippen LogP contribution >= 0.6 is 0 Å². The van der Waals surface area contributed by atoms with Crippen molar-refractivity contribution in [3.63, 3.8) is 0 Å². The Balaban J connectivity index is 2.20. The zero-order valence-electron chi connectivity index (χ0n) is 10.5. The average Bonchev–Trinajstić information content (AvgIpc) is 2.26. The number of nitrogens with one attached hydrogen (secondary N) is 1. The molecule has 1 aliphatic carbocycles. The number of nitriles is 1. The number of hydrogen-bond acceptors (Lipinski definition) is 3. The highest BCUT2D eigenvalue weighted by molar-refractivity contribution is 4.82. The summed E-state index contributed by atoms with van der Waals surface area (Å²) in [6, 6.07) is 2.77. The van der Waals surface area contributed by atoms with Gasteiger partial charge in [-0.2, -0.15) is 5.26 Å². The summed E-state index contributed by atoms with van der Waals surface area (Å²) >= 11 is 0. The topological polar surface area (TPSA) is 56.0 Å². The number of hydrogen-bond donors (Lipinski definition) is 2. The molecule has 1 saturated carbocycles. The van der Waals surface area contributed by atoms with Gasteiger partial charge < -0.3 is 10.4 Å². The normalized spacial score (nSPS) is 26.4. The lowest BCUT2D eigenvalue weighted by atomic mass is 9.86. The maximum Gasteiger partial charge on any atom is 0.0621 e. The van der Waals surface area contributed by atoms with Gasteiger partial charge in [0.1, 0.15) is 0 Å². The molecule has 3 heteroatoms. The molecule has 1 rings (SSSR count). The minimum absolute atomic E-state index is 0.0790. The first kappa shape index (κ1) is 13.5. The van der Waals surface area contributed by atoms with E-state index in [1.165, 1.54) is 0 Å². The fourth-order valence-electron chi connectivity index (χ4n) is 2.18. The molecule has 0 unspecified atom stereocenters. The molecule has 1 fully saturated rings. The Labute approximate surface area is 98.8 Å². The molecule has 0 radical (unpaired) electrons. The quantitative estimate of drug-likeness (QED) is 0.752. The number of aliphatic hydroxyl groups is 1. The zero-order valence-corrected chi connectivity index (χ0v) is 10.5. The van der Waals surface area contributed by atoms with Crippen molar-refractivity contribution in [3.05, 3.63) is 0 Å². The summed E-state index contributed by atoms with van der Waals surface area (Å²) < 4.78 is 0. The van der Waals surface area contributed by atoms with Crippen LogP contribution in [0.15, 0.2) is 0 Å². The maximum absolute atomic E-state index is 9.41. The Morgan fingerprint density at radius 2 is 1.94 bits per heavy atom. The van der Waals surface area contributed by atoms with E-state index in [1.807, 2.05) is 0 Å². The molecule has 1 aliphatic rings. The smallest absolute Gasteiger partial charge is 0.0621 e. The zero-order chi connectivity index (χ0) is 12.0. The van der Waals surface area contributed by atoms with E-state index in [-0.39, 0.29) is 11.5 Å². The molecule has 0 saturated heterocycles. The van der Waals surface area contributed by atoms with Crippen molar-refractivity contribution in [1.82, 2.24) is 5.32 Å². The number of rotatable bonds is 5. The van der Waals surface area contributed by atoms with E-state index in [9.17, 15) is 5.11 Å². The van der Waals surface area contributed by atoms with Crippen LogP contribution in [0.4, 0.5) is 0 Å². The summed E-state index contributed by atoms with van der Waals surface area (Å²) in [5.74, 6) is 0. The highest BCUT2D eigenvalue weighted by atomic mass is 16.3. The summed E-state index contributed by atoms with van der Waals surface area (Å²) in [6.45, 7) is 5.37. The van der Waals surface area contributed by atoms with Crippen LogP contribution in [0.2, 0.25) is 0 Å². The third-order valence-electron chi connectivity index (χ3n) is 3.48. The molecule has 2 N–H and O–H groups in total. The van der Waals surface area contributed by atoms with Crippen molar-refractivity contribution in [2.75, 3.05) is 6.54 Å². The number of aliphatic hydroxyl groups excluding tert-OH is 1. The van der Waals surface area contributed by atoms with Gasteiger partial charge in [-0.05, 0) is 37.5 Å². The van der Waals surface area contributed by atoms with Gasteiger partial charge in [-0.25, -0.2) is 0 Å². The van der Waals surface area contributed by atoms with Crippen LogP contribution in [0.25, 0.3) is 0 Å². The summed E-state index contributed by atoms with van der Waals surface area (Å²) in [5.41, 5.74) is 0.200. The lowest BCUT2D eigenvalue weighted by Crippen LogP contribution is -2.39. The van der Waals surface area contributed by atoms with Crippen LogP contribution in [0, 0.1) is 16.7 Å². The van der Waals surface area contributed by atoms with Crippen molar-refractivity contribution in [1.29, 1.82) is 5.26 Å². The molecule has 0 amide bonds. The van der Waals surface area contributed by atoms with Gasteiger partial charge in [0.2, 0.25) is 0 Å². The Hall–Kier alpha value is -0.590. The lowest BCUT2D eigenvalue weighted by Gasteiger charge is -2.31. The molecular formula is C13H24N2O. The second-order valence-corrected chi connectivity index (χ2v) is 5.71. The summed E-state index contributed by atoms with van der Waals surface area (Å²) in [4.78, 5) is 0. The first-order valence-electron chi connectivity index (χ1n) is 6.32. The Morgan fingerprint density at radius 1 is 1.31 bits per heavy atom. The minimum Gasteiger partial charge on any atom is -0.393 e. The van der Waals surface area contributed by atoms with Gasteiger partial charge in [0.25, 0.3) is 0 Å². The fraction of sp³-hybridized carbons (Fsp3) is 0.923. The first-order chi connectivity index (χ1) is 7.53. The fourth-order valence-corrected chi connectivity index (χ4v) is 2.18. The molecule has 0 aromatic rings. The van der Waals surface area contributed by atoms with Crippen LogP contribution in [-0.4, -0.2) is 23.8 Å². The maximum atomic E-state index is 9.41. The molecule has 0 atom stereocenters. The standard InChI is InChI=1S/C13H24N2O/c1-13(2,8-3-9-14)10-15-11-4-6-12(16)7-5-11/h11-12,15-16H,3-8,10H2,1-2H3. The van der Waals surface area contributed by atoms with Crippen LogP contribution in [0.3, 0.4) is 0 Å². The molecule has 0 heterocycles. The van der Waals surface area contributed by atoms with Gasteiger partial charge in [-0.3, -0.25) is 0 Å². The second-order valence-electron chi connectivity index (χ2n) is 5.71. The highest BCUT2D eigenvalue weighted by Crippen LogP contribution is 2.23. The van der Waals surface area contributed by atoms with E-state index in [0.29, 0.717) is 12.5 Å². The molecular weight excluding hydrogens is 200 g/mol. The van der Waals surface area contributed by atoms with E-state index in [2.05, 4.69) is 25.2 Å². The largest absolute Gasteiger partial charge is 0.393 e. The van der Waals surface area contributed by atoms with Gasteiger partial charge in [-0.15, -0.1) is 0 Å². The van der Waals surface area contributed by atoms with Gasteiger partial charge in [-0.1, -0.05) is 13.8 Å². The predicted molar refractivity (Wildman–Crippen MR) is 64.9 cm³/mol. The molecule has 0 aromatic carbocycles. The van der Waals surface area contributed by atoms with Crippen molar-refractivity contribution < 1.29 is 5.11 Å². The molecule has 0 spiro atoms. The van der Waals surface area contributed by atoms with Crippen molar-refractivity contribution in [3.8, 4) is 6.07 Å². The minimum atomic E-state index is -0.0790. The van der Waals surface area contributed by atoms with Crippen LogP contribution in [0.1, 0.15) is 52.4 Å². The summed E-state index contributed by atoms with van der Waals surface area (Å²) in [7, 11) is 0. The van der Waals surface area contributed by atoms with Gasteiger partial charge in [0, 0.05) is 19.0 Å². The molecule has 0 bridgehead atoms. The summed E-state index contributed by atoms with van der Waals surface area (Å²) in [6.07, 6.45) is 5.52. The first-order valence-corrected chi connectivity index (χ1v) is 6.32. The Morgan fingerprint density at radius 3 is 2.50 bits per heavy atom. The third kappa shape index (κ3) is 4.96. The van der Waals surface area contributed by atoms with Crippen molar-refractivity contribution in [2.24, 2.45) is 5.41 Å². The number of nitrogens with zero attached hydrogens (tertiary/aromatic N) is 1. The van der Waals surface area contributed by atoms with Gasteiger partial charge in [0.05, 0.1) is 12.2 Å². The van der Waals surface area contributed by atoms with E-state index < -0.39 is 0 Å². The lowest BCUT2D eigenvalue weighted by molar-refractivity contribution is 0.114. The van der Waals surface area contributed by atoms with E-state index in [1.54, 1.807) is 0 Å². The molecule has 3 nitrogen and oxygen atoms in total. The van der Waals surface area contributed by atoms with Crippen LogP contribution in [-0.2, 0) is 0 Å². The van der Waals surface area contributed by atoms with E-state index >= 15 is 0 Å². The average molecular weight is 224 g/mol. The predicted octanol–water partition coefficient (Wildman–Crippen LogP) is 2.21. The highest BCUT2D eigenvalue weighted by Gasteiger charge is 2.22. The van der Waals surface area contributed by atoms with E-state index in [4.69, 9.17) is 5.26 Å². The third-order valence-corrected chi connectivity index (χ3v) is 3.48. The Bertz CT molecular complexity index is 237. The van der Waals surface area contributed by atoms with Gasteiger partial charge in [0.15, 0.2) is 0 Å². The molecule has 16 heavy (non-hydrogen) atoms. The van der Waals surface area contributed by atoms with E-state index in [0.717, 1.165) is 38.6 Å². The molecule has 0 aromatic heterocycles. The monoisotopic (exact) mass is 224 g/mol. The van der Waals surface area contributed by atoms with Crippen molar-refractivity contribution >= 4 is 0 Å². The van der Waals surface area contributed by atoms with Gasteiger partial charge >= 0.3 is 0 Å². The summed E-state index contributed by atoms with van der Waals surface area (Å²) in [5, 5.41) is 21.6. The van der Waals surface area contributed by atoms with Crippen molar-refractivity contribution in [2.45, 2.75) is 64.5 Å². The second kappa shape index (κ2) is 6.22. The molecule has 92 valence electrons. The molecule has 0 aliphatic heterocycles. The SMILES string of the molecule is CC(C)(CCC#N)CNC1CCC(O)CC1.